The van der Waals surface area contributed by atoms with E-state index in [9.17, 15) is 33.9 Å². The van der Waals surface area contributed by atoms with Crippen LogP contribution in [0.3, 0.4) is 0 Å². The Morgan fingerprint density at radius 2 is 1.59 bits per heavy atom. The van der Waals surface area contributed by atoms with E-state index in [-0.39, 0.29) is 38.0 Å². The SMILES string of the molecule is NC(=O)CCC(N)C(=O)N1CCCC1C(=O)NC(CS)C(=O)NC(CCC(N)=O)C(=O)O. The lowest BCUT2D eigenvalue weighted by Gasteiger charge is -2.28. The van der Waals surface area contributed by atoms with Crippen LogP contribution in [0, 0.1) is 0 Å². The lowest BCUT2D eigenvalue weighted by Crippen LogP contribution is -2.57. The van der Waals surface area contributed by atoms with Crippen LogP contribution in [0.1, 0.15) is 38.5 Å². The van der Waals surface area contributed by atoms with Crippen molar-refractivity contribution in [1.29, 1.82) is 0 Å². The van der Waals surface area contributed by atoms with Crippen LogP contribution in [0.5, 0.6) is 0 Å². The third-order valence-electron chi connectivity index (χ3n) is 4.97. The third kappa shape index (κ3) is 8.34. The number of primary amides is 2. The normalized spacial score (nSPS) is 18.3. The molecule has 0 aliphatic carbocycles. The molecule has 1 heterocycles. The number of hydrogen-bond acceptors (Lipinski definition) is 8. The van der Waals surface area contributed by atoms with E-state index in [4.69, 9.17) is 17.2 Å². The van der Waals surface area contributed by atoms with Gasteiger partial charge in [-0.15, -0.1) is 0 Å². The van der Waals surface area contributed by atoms with Gasteiger partial charge in [0.15, 0.2) is 0 Å². The van der Waals surface area contributed by atoms with Crippen LogP contribution in [0.15, 0.2) is 0 Å². The molecule has 0 radical (unpaired) electrons. The third-order valence-corrected chi connectivity index (χ3v) is 5.33. The van der Waals surface area contributed by atoms with Gasteiger partial charge >= 0.3 is 5.97 Å². The maximum absolute atomic E-state index is 12.7. The van der Waals surface area contributed by atoms with Crippen LogP contribution >= 0.6 is 12.6 Å². The average Bonchev–Trinajstić information content (AvgIpc) is 3.21. The molecular weight excluding hydrogens is 444 g/mol. The second kappa shape index (κ2) is 12.9. The molecule has 9 N–H and O–H groups in total. The Hall–Kier alpha value is -2.87. The molecule has 13 nitrogen and oxygen atoms in total. The minimum Gasteiger partial charge on any atom is -0.480 e. The van der Waals surface area contributed by atoms with Crippen LogP contribution in [0.4, 0.5) is 0 Å². The Morgan fingerprint density at radius 1 is 1.00 bits per heavy atom. The molecule has 4 atom stereocenters. The fourth-order valence-electron chi connectivity index (χ4n) is 3.22. The zero-order chi connectivity index (χ0) is 24.4. The van der Waals surface area contributed by atoms with Gasteiger partial charge in [0.2, 0.25) is 29.5 Å². The highest BCUT2D eigenvalue weighted by Crippen LogP contribution is 2.19. The standard InChI is InChI=1S/C18H30N6O7S/c19-9(3-5-13(20)25)17(29)24-7-1-2-12(24)16(28)23-11(8-32)15(27)22-10(18(30)31)4-6-14(21)26/h9-12,32H,1-8,19H2,(H2,20,25)(H2,21,26)(H,22,27)(H,23,28)(H,30,31). The van der Waals surface area contributed by atoms with Crippen molar-refractivity contribution in [2.45, 2.75) is 62.7 Å². The van der Waals surface area contributed by atoms with E-state index in [1.807, 2.05) is 0 Å². The molecule has 180 valence electrons. The Kier molecular flexibility index (Phi) is 10.9. The second-order valence-corrected chi connectivity index (χ2v) is 7.81. The van der Waals surface area contributed by atoms with Crippen LogP contribution in [-0.4, -0.2) is 82.0 Å². The summed E-state index contributed by atoms with van der Waals surface area (Å²) in [5, 5.41) is 13.9. The summed E-state index contributed by atoms with van der Waals surface area (Å²) in [6, 6.07) is -4.42. The Balaban J connectivity index is 2.76. The van der Waals surface area contributed by atoms with Gasteiger partial charge < -0.3 is 37.8 Å². The number of hydrogen-bond donors (Lipinski definition) is 7. The predicted molar refractivity (Wildman–Crippen MR) is 115 cm³/mol. The lowest BCUT2D eigenvalue weighted by molar-refractivity contribution is -0.143. The van der Waals surface area contributed by atoms with Crippen molar-refractivity contribution in [3.63, 3.8) is 0 Å². The summed E-state index contributed by atoms with van der Waals surface area (Å²) in [7, 11) is 0. The van der Waals surface area contributed by atoms with Gasteiger partial charge in [-0.2, -0.15) is 12.6 Å². The smallest absolute Gasteiger partial charge is 0.326 e. The minimum atomic E-state index is -1.37. The monoisotopic (exact) mass is 474 g/mol. The number of nitrogens with zero attached hydrogens (tertiary/aromatic N) is 1. The lowest BCUT2D eigenvalue weighted by atomic mass is 10.1. The molecule has 14 heteroatoms. The van der Waals surface area contributed by atoms with E-state index >= 15 is 0 Å². The molecule has 32 heavy (non-hydrogen) atoms. The van der Waals surface area contributed by atoms with Crippen molar-refractivity contribution in [2.75, 3.05) is 12.3 Å². The van der Waals surface area contributed by atoms with Gasteiger partial charge in [0.1, 0.15) is 18.1 Å². The van der Waals surface area contributed by atoms with Crippen LogP contribution in [0.25, 0.3) is 0 Å². The van der Waals surface area contributed by atoms with Gasteiger partial charge in [0, 0.05) is 25.1 Å². The molecule has 0 saturated carbocycles. The second-order valence-electron chi connectivity index (χ2n) is 7.45. The molecule has 1 aliphatic heterocycles. The number of amides is 5. The number of rotatable bonds is 13. The number of thiol groups is 1. The van der Waals surface area contributed by atoms with E-state index in [1.54, 1.807) is 0 Å². The fraction of sp³-hybridized carbons (Fsp3) is 0.667. The molecule has 1 fully saturated rings. The quantitative estimate of drug-likeness (QED) is 0.134. The molecule has 4 unspecified atom stereocenters. The van der Waals surface area contributed by atoms with Crippen molar-refractivity contribution in [2.24, 2.45) is 17.2 Å². The average molecular weight is 475 g/mol. The first-order valence-electron chi connectivity index (χ1n) is 10.0. The zero-order valence-electron chi connectivity index (χ0n) is 17.5. The molecule has 1 rings (SSSR count). The van der Waals surface area contributed by atoms with Crippen LogP contribution in [0.2, 0.25) is 0 Å². The molecular formula is C18H30N6O7S. The number of nitrogens with two attached hydrogens (primary N) is 3. The van der Waals surface area contributed by atoms with Gasteiger partial charge in [-0.25, -0.2) is 4.79 Å². The fourth-order valence-corrected chi connectivity index (χ4v) is 3.47. The maximum atomic E-state index is 12.7. The largest absolute Gasteiger partial charge is 0.480 e. The van der Waals surface area contributed by atoms with Crippen molar-refractivity contribution in [3.05, 3.63) is 0 Å². The molecule has 0 aromatic heterocycles. The van der Waals surface area contributed by atoms with Gasteiger partial charge in [0.25, 0.3) is 0 Å². The summed E-state index contributed by atoms with van der Waals surface area (Å²) >= 11 is 4.03. The van der Waals surface area contributed by atoms with Gasteiger partial charge in [0.05, 0.1) is 6.04 Å². The van der Waals surface area contributed by atoms with Gasteiger partial charge in [-0.1, -0.05) is 0 Å². The van der Waals surface area contributed by atoms with E-state index in [0.29, 0.717) is 12.8 Å². The molecule has 1 aliphatic rings. The number of carboxylic acids is 1. The Morgan fingerprint density at radius 3 is 2.12 bits per heavy atom. The predicted octanol–water partition coefficient (Wildman–Crippen LogP) is -3.18. The number of aliphatic carboxylic acids is 1. The minimum absolute atomic E-state index is 0.0442. The highest BCUT2D eigenvalue weighted by molar-refractivity contribution is 7.80. The first-order chi connectivity index (χ1) is 15.0. The highest BCUT2D eigenvalue weighted by Gasteiger charge is 2.37. The summed E-state index contributed by atoms with van der Waals surface area (Å²) in [5.74, 6) is -4.74. The summed E-state index contributed by atoms with van der Waals surface area (Å²) in [5.41, 5.74) is 15.9. The molecule has 0 aromatic carbocycles. The summed E-state index contributed by atoms with van der Waals surface area (Å²) in [6.07, 6.45) is 0.403. The topological polar surface area (TPSA) is 228 Å². The van der Waals surface area contributed by atoms with E-state index in [0.717, 1.165) is 0 Å². The summed E-state index contributed by atoms with van der Waals surface area (Å²) < 4.78 is 0. The molecule has 0 spiro atoms. The highest BCUT2D eigenvalue weighted by atomic mass is 32.1. The Bertz CT molecular complexity index is 749. The van der Waals surface area contributed by atoms with Gasteiger partial charge in [-0.3, -0.25) is 24.0 Å². The first kappa shape index (κ1) is 27.2. The number of carbonyl (C=O) groups is 6. The number of carbonyl (C=O) groups excluding carboxylic acids is 5. The number of nitrogens with one attached hydrogen (secondary N) is 2. The first-order valence-corrected chi connectivity index (χ1v) is 10.7. The van der Waals surface area contributed by atoms with Crippen molar-refractivity contribution in [3.8, 4) is 0 Å². The number of carboxylic acid groups (broad SMARTS) is 1. The van der Waals surface area contributed by atoms with E-state index in [2.05, 4.69) is 23.3 Å². The summed E-state index contributed by atoms with van der Waals surface area (Å²) in [4.78, 5) is 72.2. The van der Waals surface area contributed by atoms with E-state index in [1.165, 1.54) is 4.90 Å². The summed E-state index contributed by atoms with van der Waals surface area (Å²) in [6.45, 7) is 0.285. The van der Waals surface area contributed by atoms with Crippen molar-refractivity contribution >= 4 is 48.1 Å². The van der Waals surface area contributed by atoms with E-state index < -0.39 is 59.7 Å². The molecule has 5 amide bonds. The number of likely N-dealkylation sites (tertiary alicyclic amines) is 1. The van der Waals surface area contributed by atoms with Gasteiger partial charge in [-0.05, 0) is 25.7 Å². The van der Waals surface area contributed by atoms with Crippen molar-refractivity contribution < 1.29 is 33.9 Å². The molecule has 0 aromatic rings. The maximum Gasteiger partial charge on any atom is 0.326 e. The Labute approximate surface area is 190 Å². The molecule has 1 saturated heterocycles. The zero-order valence-corrected chi connectivity index (χ0v) is 18.4. The van der Waals surface area contributed by atoms with Crippen LogP contribution in [-0.2, 0) is 28.8 Å². The van der Waals surface area contributed by atoms with Crippen LogP contribution < -0.4 is 27.8 Å². The van der Waals surface area contributed by atoms with Crippen molar-refractivity contribution in [1.82, 2.24) is 15.5 Å². The molecule has 0 bridgehead atoms.